The molecule has 8 nitrogen and oxygen atoms in total. The molecule has 102 valence electrons. The van der Waals surface area contributed by atoms with Gasteiger partial charge in [0.05, 0.1) is 37.2 Å². The van der Waals surface area contributed by atoms with E-state index in [0.29, 0.717) is 37.5 Å². The van der Waals surface area contributed by atoms with Crippen LogP contribution in [0.4, 0.5) is 5.82 Å². The van der Waals surface area contributed by atoms with Crippen LogP contribution in [-0.4, -0.2) is 45.3 Å². The van der Waals surface area contributed by atoms with Gasteiger partial charge in [0.25, 0.3) is 0 Å². The maximum absolute atomic E-state index is 11.5. The number of aryl methyl sites for hydroxylation is 1. The fourth-order valence-corrected chi connectivity index (χ4v) is 2.27. The second-order valence-corrected chi connectivity index (χ2v) is 4.48. The molecule has 3 heterocycles. The number of anilines is 1. The van der Waals surface area contributed by atoms with Crippen molar-refractivity contribution in [2.45, 2.75) is 13.0 Å². The number of hydrogen-bond donors (Lipinski definition) is 1. The van der Waals surface area contributed by atoms with Gasteiger partial charge < -0.3 is 10.2 Å². The predicted octanol–water partition coefficient (Wildman–Crippen LogP) is -0.324. The van der Waals surface area contributed by atoms with E-state index in [1.54, 1.807) is 10.9 Å². The first-order valence-electron chi connectivity index (χ1n) is 6.34. The Hall–Kier alpha value is -2.69. The van der Waals surface area contributed by atoms with Gasteiger partial charge in [-0.05, 0) is 0 Å². The lowest BCUT2D eigenvalue weighted by Gasteiger charge is -2.27. The van der Waals surface area contributed by atoms with Crippen LogP contribution in [0.15, 0.2) is 12.5 Å². The van der Waals surface area contributed by atoms with Crippen molar-refractivity contribution in [2.75, 3.05) is 24.5 Å². The zero-order chi connectivity index (χ0) is 13.9. The van der Waals surface area contributed by atoms with Crippen LogP contribution < -0.4 is 10.2 Å². The highest BCUT2D eigenvalue weighted by molar-refractivity contribution is 5.90. The van der Waals surface area contributed by atoms with E-state index in [9.17, 15) is 4.79 Å². The molecule has 2 aromatic rings. The van der Waals surface area contributed by atoms with E-state index in [-0.39, 0.29) is 12.5 Å². The highest BCUT2D eigenvalue weighted by Gasteiger charge is 2.21. The molecule has 20 heavy (non-hydrogen) atoms. The highest BCUT2D eigenvalue weighted by Crippen LogP contribution is 2.22. The Morgan fingerprint density at radius 2 is 2.35 bits per heavy atom. The van der Waals surface area contributed by atoms with Gasteiger partial charge in [-0.25, -0.2) is 14.6 Å². The molecule has 0 aliphatic carbocycles. The van der Waals surface area contributed by atoms with Crippen molar-refractivity contribution in [3.8, 4) is 6.07 Å². The molecule has 1 aliphatic rings. The average Bonchev–Trinajstić information content (AvgIpc) is 2.88. The van der Waals surface area contributed by atoms with Crippen LogP contribution in [0.1, 0.15) is 6.42 Å². The highest BCUT2D eigenvalue weighted by atomic mass is 16.2. The second kappa shape index (κ2) is 5.13. The van der Waals surface area contributed by atoms with Gasteiger partial charge in [-0.3, -0.25) is 4.79 Å². The van der Waals surface area contributed by atoms with Crippen LogP contribution in [0.2, 0.25) is 0 Å². The lowest BCUT2D eigenvalue weighted by Crippen LogP contribution is -2.48. The van der Waals surface area contributed by atoms with Crippen LogP contribution in [0.5, 0.6) is 0 Å². The number of carbonyl (C=O) groups is 1. The lowest BCUT2D eigenvalue weighted by atomic mass is 10.3. The van der Waals surface area contributed by atoms with E-state index in [1.807, 2.05) is 4.90 Å². The van der Waals surface area contributed by atoms with Crippen molar-refractivity contribution in [1.29, 1.82) is 5.26 Å². The van der Waals surface area contributed by atoms with Crippen LogP contribution in [0, 0.1) is 11.3 Å². The molecule has 1 aliphatic heterocycles. The van der Waals surface area contributed by atoms with E-state index < -0.39 is 0 Å². The number of aromatic nitrogens is 4. The molecule has 0 saturated carbocycles. The number of amides is 1. The second-order valence-electron chi connectivity index (χ2n) is 4.48. The van der Waals surface area contributed by atoms with Gasteiger partial charge in [-0.1, -0.05) is 0 Å². The van der Waals surface area contributed by atoms with Crippen molar-refractivity contribution < 1.29 is 4.79 Å². The van der Waals surface area contributed by atoms with E-state index in [4.69, 9.17) is 5.26 Å². The number of fused-ring (bicyclic) bond motifs is 1. The van der Waals surface area contributed by atoms with Gasteiger partial charge in [-0.2, -0.15) is 10.4 Å². The summed E-state index contributed by atoms with van der Waals surface area (Å²) in [6.45, 7) is 2.10. The summed E-state index contributed by atoms with van der Waals surface area (Å²) in [6, 6.07) is 2.09. The van der Waals surface area contributed by atoms with E-state index in [2.05, 4.69) is 26.5 Å². The maximum atomic E-state index is 11.5. The molecule has 0 unspecified atom stereocenters. The molecular formula is C12H13N7O. The monoisotopic (exact) mass is 271 g/mol. The third-order valence-corrected chi connectivity index (χ3v) is 3.19. The number of nitrogens with one attached hydrogen (secondary N) is 1. The zero-order valence-electron chi connectivity index (χ0n) is 10.8. The number of hydrogen-bond acceptors (Lipinski definition) is 6. The van der Waals surface area contributed by atoms with Crippen molar-refractivity contribution in [3.05, 3.63) is 12.5 Å². The molecule has 3 rings (SSSR count). The first-order chi connectivity index (χ1) is 9.79. The third kappa shape index (κ3) is 2.14. The number of rotatable bonds is 3. The Morgan fingerprint density at radius 3 is 3.15 bits per heavy atom. The molecule has 1 fully saturated rings. The van der Waals surface area contributed by atoms with Crippen molar-refractivity contribution >= 4 is 22.8 Å². The van der Waals surface area contributed by atoms with Gasteiger partial charge in [-0.15, -0.1) is 0 Å². The Bertz CT molecular complexity index is 687. The lowest BCUT2D eigenvalue weighted by molar-refractivity contribution is -0.120. The Balaban J connectivity index is 1.97. The van der Waals surface area contributed by atoms with Gasteiger partial charge in [0.2, 0.25) is 5.91 Å². The molecule has 1 saturated heterocycles. The van der Waals surface area contributed by atoms with Gasteiger partial charge in [0.1, 0.15) is 12.1 Å². The minimum Gasteiger partial charge on any atom is -0.353 e. The van der Waals surface area contributed by atoms with E-state index >= 15 is 0 Å². The summed E-state index contributed by atoms with van der Waals surface area (Å²) in [6.07, 6.45) is 3.53. The van der Waals surface area contributed by atoms with Crippen LogP contribution in [0.25, 0.3) is 11.0 Å². The van der Waals surface area contributed by atoms with Crippen LogP contribution in [0.3, 0.4) is 0 Å². The summed E-state index contributed by atoms with van der Waals surface area (Å²) in [5.41, 5.74) is 0.691. The SMILES string of the molecule is N#CCCn1ncc2c(N3CCNC(=O)C3)ncnc21. The molecule has 1 N–H and O–H groups in total. The molecule has 0 spiro atoms. The summed E-state index contributed by atoms with van der Waals surface area (Å²) in [7, 11) is 0. The number of nitrogens with zero attached hydrogens (tertiary/aromatic N) is 6. The largest absolute Gasteiger partial charge is 0.353 e. The van der Waals surface area contributed by atoms with Crippen LogP contribution >= 0.6 is 0 Å². The van der Waals surface area contributed by atoms with Crippen molar-refractivity contribution in [3.63, 3.8) is 0 Å². The van der Waals surface area contributed by atoms with Crippen molar-refractivity contribution in [2.24, 2.45) is 0 Å². The number of nitriles is 1. The smallest absolute Gasteiger partial charge is 0.239 e. The topological polar surface area (TPSA) is 99.7 Å². The molecule has 0 bridgehead atoms. The fraction of sp³-hybridized carbons (Fsp3) is 0.417. The molecule has 2 aromatic heterocycles. The quantitative estimate of drug-likeness (QED) is 0.821. The molecule has 0 atom stereocenters. The summed E-state index contributed by atoms with van der Waals surface area (Å²) in [5.74, 6) is 0.702. The number of piperazine rings is 1. The van der Waals surface area contributed by atoms with Crippen LogP contribution in [-0.2, 0) is 11.3 Å². The molecule has 8 heteroatoms. The molecular weight excluding hydrogens is 258 g/mol. The Labute approximate surface area is 115 Å². The van der Waals surface area contributed by atoms with Gasteiger partial charge >= 0.3 is 0 Å². The molecule has 0 aromatic carbocycles. The summed E-state index contributed by atoms with van der Waals surface area (Å²) >= 11 is 0. The Morgan fingerprint density at radius 1 is 1.45 bits per heavy atom. The first-order valence-corrected chi connectivity index (χ1v) is 6.34. The summed E-state index contributed by atoms with van der Waals surface area (Å²) in [5, 5.41) is 16.5. The standard InChI is InChI=1S/C12H13N7O/c13-2-1-4-19-12-9(6-17-19)11(15-8-16-12)18-5-3-14-10(20)7-18/h6,8H,1,3-5,7H2,(H,14,20). The third-order valence-electron chi connectivity index (χ3n) is 3.19. The predicted molar refractivity (Wildman–Crippen MR) is 70.8 cm³/mol. The maximum Gasteiger partial charge on any atom is 0.239 e. The van der Waals surface area contributed by atoms with E-state index in [1.165, 1.54) is 6.33 Å². The first kappa shape index (κ1) is 12.3. The van der Waals surface area contributed by atoms with Gasteiger partial charge in [0.15, 0.2) is 5.65 Å². The zero-order valence-corrected chi connectivity index (χ0v) is 10.8. The Kier molecular flexibility index (Phi) is 3.16. The minimum absolute atomic E-state index is 0.0140. The number of carbonyl (C=O) groups excluding carboxylic acids is 1. The van der Waals surface area contributed by atoms with E-state index in [0.717, 1.165) is 5.39 Å². The average molecular weight is 271 g/mol. The minimum atomic E-state index is -0.0140. The summed E-state index contributed by atoms with van der Waals surface area (Å²) in [4.78, 5) is 21.9. The normalized spacial score (nSPS) is 15.2. The molecule has 0 radical (unpaired) electrons. The van der Waals surface area contributed by atoms with Gasteiger partial charge in [0, 0.05) is 13.1 Å². The summed E-state index contributed by atoms with van der Waals surface area (Å²) < 4.78 is 1.69. The van der Waals surface area contributed by atoms with Crippen molar-refractivity contribution in [1.82, 2.24) is 25.1 Å². The molecule has 1 amide bonds. The fourth-order valence-electron chi connectivity index (χ4n) is 2.27.